The van der Waals surface area contributed by atoms with Crippen LogP contribution in [0.1, 0.15) is 20.8 Å². The molecule has 0 aliphatic rings. The van der Waals surface area contributed by atoms with Gasteiger partial charge in [0.2, 0.25) is 0 Å². The molecule has 19 heavy (non-hydrogen) atoms. The minimum Gasteiger partial charge on any atom is -0.547 e. The monoisotopic (exact) mass is 322 g/mol. The van der Waals surface area contributed by atoms with Crippen molar-refractivity contribution in [2.45, 2.75) is 39.1 Å². The van der Waals surface area contributed by atoms with E-state index in [9.17, 15) is 29.7 Å². The molecule has 0 aromatic heterocycles. The van der Waals surface area contributed by atoms with Gasteiger partial charge in [0, 0.05) is 0 Å². The van der Waals surface area contributed by atoms with Crippen molar-refractivity contribution in [2.75, 3.05) is 0 Å². The van der Waals surface area contributed by atoms with Gasteiger partial charge in [0.15, 0.2) is 0 Å². The van der Waals surface area contributed by atoms with Gasteiger partial charge < -0.3 is 45.0 Å². The Hall–Kier alpha value is -1.19. The second-order valence-electron chi connectivity index (χ2n) is 2.99. The molecule has 0 radical (unpaired) electrons. The topological polar surface area (TPSA) is 181 Å². The van der Waals surface area contributed by atoms with Crippen LogP contribution in [-0.2, 0) is 31.5 Å². The fourth-order valence-corrected chi connectivity index (χ4v) is 0. The summed E-state index contributed by atoms with van der Waals surface area (Å²) in [6.07, 6.45) is -4.03. The van der Waals surface area contributed by atoms with Gasteiger partial charge in [-0.05, 0) is 20.8 Å². The van der Waals surface area contributed by atoms with Gasteiger partial charge in [-0.1, -0.05) is 0 Å². The zero-order chi connectivity index (χ0) is 15.5. The van der Waals surface area contributed by atoms with E-state index < -0.39 is 36.2 Å². The van der Waals surface area contributed by atoms with Crippen molar-refractivity contribution in [3.8, 4) is 0 Å². The predicted octanol–water partition coefficient (Wildman–Crippen LogP) is -5.65. The molecule has 0 aliphatic carbocycles. The molecular weight excluding hydrogens is 307 g/mol. The van der Waals surface area contributed by atoms with Gasteiger partial charge in [0.1, 0.15) is 0 Å². The van der Waals surface area contributed by atoms with Crippen molar-refractivity contribution in [1.29, 1.82) is 0 Å². The van der Waals surface area contributed by atoms with Crippen LogP contribution in [0.4, 0.5) is 0 Å². The summed E-state index contributed by atoms with van der Waals surface area (Å²) in [5.74, 6) is -4.31. The maximum Gasteiger partial charge on any atom is 3.00 e. The maximum atomic E-state index is 9.34. The van der Waals surface area contributed by atoms with Crippen molar-refractivity contribution < 1.29 is 62.1 Å². The van der Waals surface area contributed by atoms with Crippen LogP contribution in [0, 0.1) is 0 Å². The number of hydrogen-bond acceptors (Lipinski definition) is 9. The average molecular weight is 322 g/mol. The normalized spacial score (nSPS) is 12.9. The fraction of sp³-hybridized carbons (Fsp3) is 0.667. The Balaban J connectivity index is -0.0000000865. The minimum atomic E-state index is -1.44. The van der Waals surface area contributed by atoms with Crippen LogP contribution in [0.5, 0.6) is 0 Å². The average Bonchev–Trinajstić information content (AvgIpc) is 2.18. The third-order valence-electron chi connectivity index (χ3n) is 1.02. The van der Waals surface area contributed by atoms with Gasteiger partial charge in [-0.3, -0.25) is 0 Å². The van der Waals surface area contributed by atoms with Crippen molar-refractivity contribution in [2.24, 2.45) is 0 Å². The molecule has 0 aromatic carbocycles. The summed E-state index contributed by atoms with van der Waals surface area (Å²) in [6.45, 7) is 3.40. The van der Waals surface area contributed by atoms with E-state index in [1.165, 1.54) is 0 Å². The Morgan fingerprint density at radius 2 is 0.737 bits per heavy atom. The molecule has 112 valence electrons. The molecule has 0 aliphatic heterocycles. The first-order valence-electron chi connectivity index (χ1n) is 4.60. The van der Waals surface area contributed by atoms with Gasteiger partial charge >= 0.3 is 17.1 Å². The van der Waals surface area contributed by atoms with Crippen molar-refractivity contribution in [3.63, 3.8) is 0 Å². The number of aliphatic hydroxyl groups excluding tert-OH is 3. The van der Waals surface area contributed by atoms with Crippen molar-refractivity contribution in [1.82, 2.24) is 0 Å². The van der Waals surface area contributed by atoms with Crippen LogP contribution < -0.4 is 15.3 Å². The smallest absolute Gasteiger partial charge is 0.547 e. The fourth-order valence-electron chi connectivity index (χ4n) is 0. The van der Waals surface area contributed by atoms with Crippen LogP contribution in [-0.4, -0.2) is 51.5 Å². The third kappa shape index (κ3) is 31.6. The zero-order valence-electron chi connectivity index (χ0n) is 10.4. The number of aliphatic hydroxyl groups is 3. The Labute approximate surface area is 120 Å². The summed E-state index contributed by atoms with van der Waals surface area (Å²) >= 11 is 0. The van der Waals surface area contributed by atoms with E-state index in [1.54, 1.807) is 0 Å². The molecule has 3 N–H and O–H groups in total. The maximum absolute atomic E-state index is 9.34. The number of carboxylic acids is 3. The van der Waals surface area contributed by atoms with Crippen molar-refractivity contribution >= 4 is 17.9 Å². The van der Waals surface area contributed by atoms with Gasteiger partial charge in [0.25, 0.3) is 0 Å². The number of carbonyl (C=O) groups excluding carboxylic acids is 3. The number of aliphatic carboxylic acids is 3. The number of rotatable bonds is 3. The second-order valence-corrected chi connectivity index (χ2v) is 2.99. The molecule has 3 atom stereocenters. The Bertz CT molecular complexity index is 220. The van der Waals surface area contributed by atoms with E-state index in [2.05, 4.69) is 0 Å². The van der Waals surface area contributed by atoms with Crippen LogP contribution in [0.15, 0.2) is 0 Å². The van der Waals surface area contributed by atoms with Crippen LogP contribution in [0.3, 0.4) is 0 Å². The summed E-state index contributed by atoms with van der Waals surface area (Å²) in [6, 6.07) is 0. The molecule has 0 fully saturated rings. The summed E-state index contributed by atoms with van der Waals surface area (Å²) in [5.41, 5.74) is 0. The van der Waals surface area contributed by atoms with E-state index in [4.69, 9.17) is 15.3 Å². The van der Waals surface area contributed by atoms with Gasteiger partial charge in [-0.2, -0.15) is 0 Å². The zero-order valence-corrected chi connectivity index (χ0v) is 11.6. The first-order chi connectivity index (χ1) is 7.93. The first-order valence-corrected chi connectivity index (χ1v) is 4.60. The Morgan fingerprint density at radius 3 is 0.737 bits per heavy atom. The minimum absolute atomic E-state index is 0. The summed E-state index contributed by atoms with van der Waals surface area (Å²) < 4.78 is 0. The Morgan fingerprint density at radius 1 is 0.684 bits per heavy atom. The molecule has 0 heterocycles. The largest absolute Gasteiger partial charge is 3.00 e. The van der Waals surface area contributed by atoms with Crippen LogP contribution in [0.2, 0.25) is 0 Å². The number of hydrogen-bond donors (Lipinski definition) is 3. The van der Waals surface area contributed by atoms with E-state index in [0.717, 1.165) is 20.8 Å². The first kappa shape index (κ1) is 26.4. The SMILES string of the molecule is CC(O)C(=O)[O-].CC(O)C(=O)[O-].CC(O)C(=O)[O-].[Mn+3]. The molecule has 0 saturated heterocycles. The number of carboxylic acid groups (broad SMARTS) is 3. The molecule has 0 rings (SSSR count). The molecule has 10 heteroatoms. The van der Waals surface area contributed by atoms with E-state index in [-0.39, 0.29) is 17.1 Å². The van der Waals surface area contributed by atoms with E-state index >= 15 is 0 Å². The summed E-state index contributed by atoms with van der Waals surface area (Å²) in [4.78, 5) is 28.0. The Kier molecular flexibility index (Phi) is 20.7. The molecule has 0 spiro atoms. The molecule has 9 nitrogen and oxygen atoms in total. The third-order valence-corrected chi connectivity index (χ3v) is 1.02. The summed E-state index contributed by atoms with van der Waals surface area (Å²) in [5, 5.41) is 51.9. The van der Waals surface area contributed by atoms with Crippen molar-refractivity contribution in [3.05, 3.63) is 0 Å². The van der Waals surface area contributed by atoms with Gasteiger partial charge in [-0.15, -0.1) is 0 Å². The molecule has 0 bridgehead atoms. The number of carbonyl (C=O) groups is 3. The summed E-state index contributed by atoms with van der Waals surface area (Å²) in [7, 11) is 0. The predicted molar refractivity (Wildman–Crippen MR) is 50.1 cm³/mol. The van der Waals surface area contributed by atoms with Crippen LogP contribution in [0.25, 0.3) is 0 Å². The molecule has 0 amide bonds. The second kappa shape index (κ2) is 14.9. The van der Waals surface area contributed by atoms with Gasteiger partial charge in [-0.25, -0.2) is 0 Å². The van der Waals surface area contributed by atoms with Gasteiger partial charge in [0.05, 0.1) is 36.2 Å². The molecule has 0 saturated carbocycles. The van der Waals surface area contributed by atoms with E-state index in [0.29, 0.717) is 0 Å². The molecular formula is C9H15MnO9. The van der Waals surface area contributed by atoms with Crippen LogP contribution >= 0.6 is 0 Å². The standard InChI is InChI=1S/3C3H6O3.Mn/c3*1-2(4)3(5)6;/h3*2,4H,1H3,(H,5,6);/q;;;+3/p-3. The quantitative estimate of drug-likeness (QED) is 0.426. The molecule has 3 unspecified atom stereocenters. The van der Waals surface area contributed by atoms with E-state index in [1.807, 2.05) is 0 Å². The molecule has 0 aromatic rings.